The molecule has 0 saturated heterocycles. The lowest BCUT2D eigenvalue weighted by Gasteiger charge is -2.21. The molecule has 0 spiro atoms. The van der Waals surface area contributed by atoms with E-state index < -0.39 is 17.5 Å². The van der Waals surface area contributed by atoms with Gasteiger partial charge in [-0.25, -0.2) is 0 Å². The van der Waals surface area contributed by atoms with Crippen LogP contribution in [0.25, 0.3) is 0 Å². The maximum atomic E-state index is 11.8. The van der Waals surface area contributed by atoms with Gasteiger partial charge in [-0.1, -0.05) is 6.07 Å². The molecule has 0 saturated carbocycles. The first kappa shape index (κ1) is 19.0. The normalized spacial score (nSPS) is 12.6. The molecule has 0 amide bonds. The van der Waals surface area contributed by atoms with Crippen molar-refractivity contribution in [2.75, 3.05) is 7.11 Å². The van der Waals surface area contributed by atoms with E-state index in [4.69, 9.17) is 9.47 Å². The molecule has 0 aliphatic carbocycles. The van der Waals surface area contributed by atoms with E-state index in [1.54, 1.807) is 40.0 Å². The highest BCUT2D eigenvalue weighted by Crippen LogP contribution is 2.31. The molecule has 5 heteroatoms. The van der Waals surface area contributed by atoms with Crippen LogP contribution in [0.15, 0.2) is 12.1 Å². The van der Waals surface area contributed by atoms with Gasteiger partial charge in [-0.2, -0.15) is 0 Å². The van der Waals surface area contributed by atoms with E-state index in [-0.39, 0.29) is 18.8 Å². The van der Waals surface area contributed by atoms with Gasteiger partial charge < -0.3 is 14.6 Å². The van der Waals surface area contributed by atoms with Crippen LogP contribution in [0.5, 0.6) is 5.75 Å². The van der Waals surface area contributed by atoms with Crippen LogP contribution in [-0.4, -0.2) is 29.8 Å². The van der Waals surface area contributed by atoms with Crippen molar-refractivity contribution in [2.45, 2.75) is 59.0 Å². The van der Waals surface area contributed by atoms with E-state index in [1.165, 1.54) is 0 Å². The molecule has 0 radical (unpaired) electrons. The minimum atomic E-state index is -0.943. The minimum absolute atomic E-state index is 0.0682. The van der Waals surface area contributed by atoms with Crippen LogP contribution >= 0.6 is 0 Å². The second kappa shape index (κ2) is 7.49. The zero-order valence-electron chi connectivity index (χ0n) is 14.7. The Morgan fingerprint density at radius 1 is 1.17 bits per heavy atom. The van der Waals surface area contributed by atoms with Crippen molar-refractivity contribution in [2.24, 2.45) is 0 Å². The lowest BCUT2D eigenvalue weighted by molar-refractivity contribution is -0.155. The molecule has 0 aromatic heterocycles. The number of ether oxygens (including phenoxy) is 2. The zero-order chi connectivity index (χ0) is 17.8. The summed E-state index contributed by atoms with van der Waals surface area (Å²) in [5, 5.41) is 9.53. The molecule has 5 nitrogen and oxygen atoms in total. The topological polar surface area (TPSA) is 72.8 Å². The number of benzene rings is 1. The fourth-order valence-corrected chi connectivity index (χ4v) is 2.48. The molecule has 1 aromatic carbocycles. The molecule has 1 atom stereocenters. The highest BCUT2D eigenvalue weighted by atomic mass is 16.6. The largest absolute Gasteiger partial charge is 0.496 e. The van der Waals surface area contributed by atoms with Crippen LogP contribution in [0.1, 0.15) is 56.2 Å². The molecule has 1 rings (SSSR count). The number of hydrogen-bond acceptors (Lipinski definition) is 4. The van der Waals surface area contributed by atoms with Gasteiger partial charge in [0.15, 0.2) is 0 Å². The predicted molar refractivity (Wildman–Crippen MR) is 87.9 cm³/mol. The number of aliphatic carboxylic acids is 1. The van der Waals surface area contributed by atoms with Gasteiger partial charge in [0.2, 0.25) is 0 Å². The number of carbonyl (C=O) groups excluding carboxylic acids is 1. The third-order valence-electron chi connectivity index (χ3n) is 3.73. The Kier molecular flexibility index (Phi) is 6.19. The summed E-state index contributed by atoms with van der Waals surface area (Å²) >= 11 is 0. The van der Waals surface area contributed by atoms with E-state index in [1.807, 2.05) is 13.8 Å². The van der Waals surface area contributed by atoms with Crippen LogP contribution in [0.3, 0.4) is 0 Å². The molecule has 0 fully saturated rings. The molecule has 0 aliphatic heterocycles. The van der Waals surface area contributed by atoms with Gasteiger partial charge in [0.25, 0.3) is 0 Å². The first-order valence-corrected chi connectivity index (χ1v) is 7.65. The fraction of sp³-hybridized carbons (Fsp3) is 0.556. The summed E-state index contributed by atoms with van der Waals surface area (Å²) in [4.78, 5) is 23.5. The second-order valence-electron chi connectivity index (χ2n) is 6.62. The molecule has 23 heavy (non-hydrogen) atoms. The summed E-state index contributed by atoms with van der Waals surface area (Å²) in [5.41, 5.74) is 1.93. The predicted octanol–water partition coefficient (Wildman–Crippen LogP) is 3.60. The van der Waals surface area contributed by atoms with Gasteiger partial charge in [0, 0.05) is 6.42 Å². The van der Waals surface area contributed by atoms with Crippen molar-refractivity contribution in [1.82, 2.24) is 0 Å². The summed E-state index contributed by atoms with van der Waals surface area (Å²) in [6.07, 6.45) is 0.273. The number of rotatable bonds is 6. The molecule has 1 aromatic rings. The first-order valence-electron chi connectivity index (χ1n) is 7.65. The van der Waals surface area contributed by atoms with E-state index >= 15 is 0 Å². The van der Waals surface area contributed by atoms with Crippen molar-refractivity contribution < 1.29 is 24.2 Å². The molecule has 0 heterocycles. The van der Waals surface area contributed by atoms with Crippen molar-refractivity contribution in [3.63, 3.8) is 0 Å². The van der Waals surface area contributed by atoms with Gasteiger partial charge in [0.05, 0.1) is 13.0 Å². The zero-order valence-corrected chi connectivity index (χ0v) is 14.7. The maximum Gasteiger partial charge on any atom is 0.310 e. The van der Waals surface area contributed by atoms with Gasteiger partial charge in [0.1, 0.15) is 11.4 Å². The first-order chi connectivity index (χ1) is 10.6. The maximum absolute atomic E-state index is 11.8. The average Bonchev–Trinajstić information content (AvgIpc) is 2.41. The third kappa shape index (κ3) is 5.27. The van der Waals surface area contributed by atoms with Crippen LogP contribution in [0.4, 0.5) is 0 Å². The van der Waals surface area contributed by atoms with Gasteiger partial charge in [-0.15, -0.1) is 0 Å². The SMILES string of the molecule is COc1ccc([C@H](CCC(=O)OC(C)(C)C)C(=O)O)c(C)c1C. The monoisotopic (exact) mass is 322 g/mol. The third-order valence-corrected chi connectivity index (χ3v) is 3.73. The van der Waals surface area contributed by atoms with Crippen molar-refractivity contribution in [3.05, 3.63) is 28.8 Å². The van der Waals surface area contributed by atoms with Crippen molar-refractivity contribution in [3.8, 4) is 5.75 Å². The molecular weight excluding hydrogens is 296 g/mol. The quantitative estimate of drug-likeness (QED) is 0.810. The van der Waals surface area contributed by atoms with Crippen LogP contribution in [0, 0.1) is 13.8 Å². The number of carbonyl (C=O) groups is 2. The van der Waals surface area contributed by atoms with E-state index in [0.717, 1.165) is 16.9 Å². The van der Waals surface area contributed by atoms with E-state index in [9.17, 15) is 14.7 Å². The number of esters is 1. The number of hydrogen-bond donors (Lipinski definition) is 1. The van der Waals surface area contributed by atoms with Crippen molar-refractivity contribution in [1.29, 1.82) is 0 Å². The fourth-order valence-electron chi connectivity index (χ4n) is 2.48. The summed E-state index contributed by atoms with van der Waals surface area (Å²) in [5.74, 6) is -1.34. The highest BCUT2D eigenvalue weighted by molar-refractivity contribution is 5.78. The molecule has 0 bridgehead atoms. The van der Waals surface area contributed by atoms with Gasteiger partial charge >= 0.3 is 11.9 Å². The Morgan fingerprint density at radius 2 is 1.78 bits per heavy atom. The number of methoxy groups -OCH3 is 1. The number of carboxylic acids is 1. The number of carboxylic acid groups (broad SMARTS) is 1. The molecule has 1 N–H and O–H groups in total. The Labute approximate surface area is 137 Å². The highest BCUT2D eigenvalue weighted by Gasteiger charge is 2.25. The summed E-state index contributed by atoms with van der Waals surface area (Å²) < 4.78 is 10.5. The lowest BCUT2D eigenvalue weighted by Crippen LogP contribution is -2.24. The second-order valence-corrected chi connectivity index (χ2v) is 6.62. The van der Waals surface area contributed by atoms with E-state index in [2.05, 4.69) is 0 Å². The Bertz CT molecular complexity index is 584. The van der Waals surface area contributed by atoms with Crippen LogP contribution in [0.2, 0.25) is 0 Å². The van der Waals surface area contributed by atoms with Crippen LogP contribution < -0.4 is 4.74 Å². The summed E-state index contributed by atoms with van der Waals surface area (Å²) in [6.45, 7) is 9.13. The molecule has 128 valence electrons. The summed E-state index contributed by atoms with van der Waals surface area (Å²) in [6, 6.07) is 3.52. The lowest BCUT2D eigenvalue weighted by atomic mass is 9.88. The molecule has 0 aliphatic rings. The van der Waals surface area contributed by atoms with Gasteiger partial charge in [-0.05, 0) is 63.8 Å². The Morgan fingerprint density at radius 3 is 2.26 bits per heavy atom. The van der Waals surface area contributed by atoms with Crippen LogP contribution in [-0.2, 0) is 14.3 Å². The smallest absolute Gasteiger partial charge is 0.310 e. The Balaban J connectivity index is 2.94. The van der Waals surface area contributed by atoms with E-state index in [0.29, 0.717) is 5.56 Å². The molecular formula is C18H26O5. The van der Waals surface area contributed by atoms with Gasteiger partial charge in [-0.3, -0.25) is 9.59 Å². The average molecular weight is 322 g/mol. The Hall–Kier alpha value is -2.04. The summed E-state index contributed by atoms with van der Waals surface area (Å²) in [7, 11) is 1.58. The van der Waals surface area contributed by atoms with Crippen molar-refractivity contribution >= 4 is 11.9 Å². The standard InChI is InChI=1S/C18H26O5/c1-11-12(2)15(22-6)9-7-13(11)14(17(20)21)8-10-16(19)23-18(3,4)5/h7,9,14H,8,10H2,1-6H3,(H,20,21)/t14-/m0/s1. The minimum Gasteiger partial charge on any atom is -0.496 e. The molecule has 0 unspecified atom stereocenters.